The van der Waals surface area contributed by atoms with Crippen molar-refractivity contribution >= 4 is 10.0 Å². The Bertz CT molecular complexity index is 631. The van der Waals surface area contributed by atoms with E-state index in [1.807, 2.05) is 19.0 Å². The maximum absolute atomic E-state index is 13.2. The van der Waals surface area contributed by atoms with Gasteiger partial charge in [0, 0.05) is 32.2 Å². The standard InChI is InChI=1S/C13H18F3N3O2S/c1-18-3-4-19(2)9(8-18)7-17-22(20,21)10-5-11(14)13(16)12(15)6-10/h5-6,9,17H,3-4,7-8H2,1-2H3. The molecule has 1 unspecified atom stereocenters. The summed E-state index contributed by atoms with van der Waals surface area (Å²) in [6.45, 7) is 2.45. The third kappa shape index (κ3) is 3.78. The van der Waals surface area contributed by atoms with E-state index in [9.17, 15) is 21.6 Å². The summed E-state index contributed by atoms with van der Waals surface area (Å²) in [5.41, 5.74) is 0. The van der Waals surface area contributed by atoms with Gasteiger partial charge in [0.2, 0.25) is 10.0 Å². The maximum atomic E-state index is 13.2. The van der Waals surface area contributed by atoms with Crippen molar-refractivity contribution in [3.8, 4) is 0 Å². The van der Waals surface area contributed by atoms with Crippen molar-refractivity contribution in [2.24, 2.45) is 0 Å². The highest BCUT2D eigenvalue weighted by Gasteiger charge is 2.25. The molecule has 0 saturated carbocycles. The molecule has 1 aromatic rings. The molecule has 0 spiro atoms. The molecule has 1 aliphatic heterocycles. The van der Waals surface area contributed by atoms with Crippen LogP contribution in [0.3, 0.4) is 0 Å². The van der Waals surface area contributed by atoms with Crippen LogP contribution >= 0.6 is 0 Å². The van der Waals surface area contributed by atoms with E-state index in [-0.39, 0.29) is 12.6 Å². The molecule has 22 heavy (non-hydrogen) atoms. The van der Waals surface area contributed by atoms with E-state index in [2.05, 4.69) is 9.62 Å². The molecule has 0 amide bonds. The number of hydrogen-bond acceptors (Lipinski definition) is 4. The molecule has 9 heteroatoms. The zero-order valence-corrected chi connectivity index (χ0v) is 13.1. The van der Waals surface area contributed by atoms with Gasteiger partial charge in [0.05, 0.1) is 4.90 Å². The summed E-state index contributed by atoms with van der Waals surface area (Å²) in [5.74, 6) is -4.75. The van der Waals surface area contributed by atoms with Crippen molar-refractivity contribution in [3.63, 3.8) is 0 Å². The van der Waals surface area contributed by atoms with Gasteiger partial charge in [0.15, 0.2) is 17.5 Å². The fraction of sp³-hybridized carbons (Fsp3) is 0.538. The van der Waals surface area contributed by atoms with Gasteiger partial charge in [0.25, 0.3) is 0 Å². The molecular weight excluding hydrogens is 319 g/mol. The number of likely N-dealkylation sites (N-methyl/N-ethyl adjacent to an activating group) is 2. The molecule has 1 aliphatic rings. The lowest BCUT2D eigenvalue weighted by Crippen LogP contribution is -2.54. The number of nitrogens with zero attached hydrogens (tertiary/aromatic N) is 2. The first-order chi connectivity index (χ1) is 10.2. The summed E-state index contributed by atoms with van der Waals surface area (Å²) in [6.07, 6.45) is 0. The summed E-state index contributed by atoms with van der Waals surface area (Å²) >= 11 is 0. The number of nitrogens with one attached hydrogen (secondary N) is 1. The monoisotopic (exact) mass is 337 g/mol. The first-order valence-electron chi connectivity index (χ1n) is 6.73. The van der Waals surface area contributed by atoms with Crippen LogP contribution in [-0.4, -0.2) is 64.5 Å². The van der Waals surface area contributed by atoms with Crippen LogP contribution in [0.5, 0.6) is 0 Å². The number of sulfonamides is 1. The minimum Gasteiger partial charge on any atom is -0.303 e. The van der Waals surface area contributed by atoms with Crippen LogP contribution in [0.1, 0.15) is 0 Å². The molecule has 1 fully saturated rings. The Hall–Kier alpha value is -1.16. The third-order valence-corrected chi connectivity index (χ3v) is 5.16. The van der Waals surface area contributed by atoms with E-state index < -0.39 is 32.4 Å². The average Bonchev–Trinajstić information content (AvgIpc) is 2.45. The average molecular weight is 337 g/mol. The zero-order valence-electron chi connectivity index (χ0n) is 12.3. The summed E-state index contributed by atoms with van der Waals surface area (Å²) in [7, 11) is -0.296. The van der Waals surface area contributed by atoms with Crippen LogP contribution in [0, 0.1) is 17.5 Å². The molecule has 0 radical (unpaired) electrons. The smallest absolute Gasteiger partial charge is 0.240 e. The highest BCUT2D eigenvalue weighted by Crippen LogP contribution is 2.17. The molecule has 0 aliphatic carbocycles. The second-order valence-corrected chi connectivity index (χ2v) is 7.22. The highest BCUT2D eigenvalue weighted by molar-refractivity contribution is 7.89. The van der Waals surface area contributed by atoms with Crippen molar-refractivity contribution in [2.45, 2.75) is 10.9 Å². The highest BCUT2D eigenvalue weighted by atomic mass is 32.2. The van der Waals surface area contributed by atoms with E-state index in [0.717, 1.165) is 13.1 Å². The van der Waals surface area contributed by atoms with Crippen LogP contribution in [0.15, 0.2) is 17.0 Å². The number of hydrogen-bond donors (Lipinski definition) is 1. The van der Waals surface area contributed by atoms with Crippen molar-refractivity contribution < 1.29 is 21.6 Å². The quantitative estimate of drug-likeness (QED) is 0.819. The van der Waals surface area contributed by atoms with Gasteiger partial charge in [-0.1, -0.05) is 0 Å². The minimum atomic E-state index is -4.10. The van der Waals surface area contributed by atoms with Gasteiger partial charge in [-0.3, -0.25) is 4.90 Å². The van der Waals surface area contributed by atoms with Crippen molar-refractivity contribution in [1.82, 2.24) is 14.5 Å². The Balaban J connectivity index is 2.11. The second-order valence-electron chi connectivity index (χ2n) is 5.45. The van der Waals surface area contributed by atoms with Crippen LogP contribution in [0.25, 0.3) is 0 Å². The van der Waals surface area contributed by atoms with E-state index in [0.29, 0.717) is 18.7 Å². The lowest BCUT2D eigenvalue weighted by molar-refractivity contribution is 0.117. The van der Waals surface area contributed by atoms with Gasteiger partial charge in [-0.2, -0.15) is 0 Å². The Kier molecular flexibility index (Phi) is 5.10. The molecule has 0 bridgehead atoms. The largest absolute Gasteiger partial charge is 0.303 e. The molecule has 1 atom stereocenters. The molecule has 0 aromatic heterocycles. The third-order valence-electron chi connectivity index (χ3n) is 3.76. The number of piperazine rings is 1. The second kappa shape index (κ2) is 6.53. The van der Waals surface area contributed by atoms with Crippen molar-refractivity contribution in [1.29, 1.82) is 0 Å². The predicted molar refractivity (Wildman–Crippen MR) is 75.4 cm³/mol. The SMILES string of the molecule is CN1CCN(C)C(CNS(=O)(=O)c2cc(F)c(F)c(F)c2)C1. The molecule has 2 rings (SSSR count). The lowest BCUT2D eigenvalue weighted by Gasteiger charge is -2.37. The number of benzene rings is 1. The Morgan fingerprint density at radius 3 is 2.36 bits per heavy atom. The topological polar surface area (TPSA) is 52.6 Å². The van der Waals surface area contributed by atoms with E-state index in [1.165, 1.54) is 0 Å². The zero-order chi connectivity index (χ0) is 16.5. The maximum Gasteiger partial charge on any atom is 0.240 e. The number of halogens is 3. The van der Waals surface area contributed by atoms with Crippen LogP contribution in [-0.2, 0) is 10.0 Å². The Morgan fingerprint density at radius 1 is 1.18 bits per heavy atom. The minimum absolute atomic E-state index is 0.0522. The van der Waals surface area contributed by atoms with Crippen LogP contribution in [0.4, 0.5) is 13.2 Å². The molecular formula is C13H18F3N3O2S. The lowest BCUT2D eigenvalue weighted by atomic mass is 10.2. The fourth-order valence-electron chi connectivity index (χ4n) is 2.30. The summed E-state index contributed by atoms with van der Waals surface area (Å²) < 4.78 is 65.7. The molecule has 124 valence electrons. The van der Waals surface area contributed by atoms with E-state index >= 15 is 0 Å². The van der Waals surface area contributed by atoms with E-state index in [4.69, 9.17) is 0 Å². The fourth-order valence-corrected chi connectivity index (χ4v) is 3.39. The molecule has 1 saturated heterocycles. The molecule has 5 nitrogen and oxygen atoms in total. The predicted octanol–water partition coefficient (Wildman–Crippen LogP) is 0.628. The summed E-state index contributed by atoms with van der Waals surface area (Å²) in [6, 6.07) is 0.887. The van der Waals surface area contributed by atoms with Crippen LogP contribution < -0.4 is 4.72 Å². The van der Waals surface area contributed by atoms with Gasteiger partial charge >= 0.3 is 0 Å². The Morgan fingerprint density at radius 2 is 1.77 bits per heavy atom. The van der Waals surface area contributed by atoms with E-state index in [1.54, 1.807) is 0 Å². The van der Waals surface area contributed by atoms with Gasteiger partial charge in [0.1, 0.15) is 0 Å². The molecule has 1 N–H and O–H groups in total. The molecule has 1 aromatic carbocycles. The van der Waals surface area contributed by atoms with Gasteiger partial charge in [-0.25, -0.2) is 26.3 Å². The summed E-state index contributed by atoms with van der Waals surface area (Å²) in [5, 5.41) is 0. The van der Waals surface area contributed by atoms with Crippen molar-refractivity contribution in [3.05, 3.63) is 29.6 Å². The van der Waals surface area contributed by atoms with Crippen LogP contribution in [0.2, 0.25) is 0 Å². The van der Waals surface area contributed by atoms with Gasteiger partial charge in [-0.05, 0) is 26.2 Å². The number of rotatable bonds is 4. The normalized spacial score (nSPS) is 21.2. The Labute approximate surface area is 127 Å². The van der Waals surface area contributed by atoms with Gasteiger partial charge < -0.3 is 4.90 Å². The summed E-state index contributed by atoms with van der Waals surface area (Å²) in [4.78, 5) is 3.44. The van der Waals surface area contributed by atoms with Gasteiger partial charge in [-0.15, -0.1) is 0 Å². The first kappa shape index (κ1) is 17.2. The first-order valence-corrected chi connectivity index (χ1v) is 8.22. The van der Waals surface area contributed by atoms with Crippen molar-refractivity contribution in [2.75, 3.05) is 40.3 Å². The molecule has 1 heterocycles.